The predicted molar refractivity (Wildman–Crippen MR) is 60.2 cm³/mol. The number of nitrogens with one attached hydrogen (secondary N) is 1. The number of hydrogen-bond donors (Lipinski definition) is 1. The number of rotatable bonds is 4. The topological polar surface area (TPSA) is 45.5 Å². The Labute approximate surface area is 88.7 Å². The highest BCUT2D eigenvalue weighted by Gasteiger charge is 2.06. The van der Waals surface area contributed by atoms with Crippen molar-refractivity contribution in [2.24, 2.45) is 0 Å². The van der Waals surface area contributed by atoms with Gasteiger partial charge in [0.15, 0.2) is 5.65 Å². The Morgan fingerprint density at radius 3 is 3.07 bits per heavy atom. The molecule has 0 saturated carbocycles. The van der Waals surface area contributed by atoms with Crippen LogP contribution in [0, 0.1) is 0 Å². The quantitative estimate of drug-likeness (QED) is 0.784. The minimum absolute atomic E-state index is 0.761. The summed E-state index contributed by atoms with van der Waals surface area (Å²) < 4.78 is 1.78. The van der Waals surface area contributed by atoms with E-state index < -0.39 is 0 Å². The molecule has 0 amide bonds. The summed E-state index contributed by atoms with van der Waals surface area (Å²) in [5.41, 5.74) is 0.879. The summed E-state index contributed by atoms with van der Waals surface area (Å²) in [7, 11) is 3.93. The van der Waals surface area contributed by atoms with Crippen LogP contribution in [-0.2, 0) is 0 Å². The van der Waals surface area contributed by atoms with Crippen LogP contribution in [0.4, 0.5) is 5.95 Å². The molecule has 80 valence electrons. The summed E-state index contributed by atoms with van der Waals surface area (Å²) >= 11 is 0. The number of hydrogen-bond acceptors (Lipinski definition) is 4. The van der Waals surface area contributed by atoms with Gasteiger partial charge in [-0.1, -0.05) is 6.07 Å². The van der Waals surface area contributed by atoms with Gasteiger partial charge in [-0.15, -0.1) is 5.10 Å². The van der Waals surface area contributed by atoms with E-state index in [-0.39, 0.29) is 0 Å². The highest BCUT2D eigenvalue weighted by molar-refractivity contribution is 5.43. The molecule has 0 atom stereocenters. The van der Waals surface area contributed by atoms with Crippen LogP contribution in [0.15, 0.2) is 24.4 Å². The van der Waals surface area contributed by atoms with Crippen LogP contribution in [0.5, 0.6) is 0 Å². The molecule has 0 radical (unpaired) electrons. The number of fused-ring (bicyclic) bond motifs is 1. The average molecular weight is 205 g/mol. The molecule has 5 nitrogen and oxygen atoms in total. The summed E-state index contributed by atoms with van der Waals surface area (Å²) in [5, 5.41) is 7.47. The summed E-state index contributed by atoms with van der Waals surface area (Å²) in [4.78, 5) is 6.45. The van der Waals surface area contributed by atoms with E-state index in [2.05, 4.69) is 15.4 Å². The van der Waals surface area contributed by atoms with E-state index >= 15 is 0 Å². The van der Waals surface area contributed by atoms with E-state index in [4.69, 9.17) is 0 Å². The Morgan fingerprint density at radius 1 is 1.47 bits per heavy atom. The predicted octanol–water partition coefficient (Wildman–Crippen LogP) is 0.385. The molecule has 2 aromatic heterocycles. The minimum Gasteiger partial charge on any atom is -0.341 e. The zero-order valence-electron chi connectivity index (χ0n) is 9.01. The smallest absolute Gasteiger partial charge is 0.245 e. The Morgan fingerprint density at radius 2 is 2.33 bits per heavy atom. The molecule has 0 bridgehead atoms. The lowest BCUT2D eigenvalue weighted by molar-refractivity contribution is 0.751. The third kappa shape index (κ3) is 2.07. The summed E-state index contributed by atoms with van der Waals surface area (Å²) in [6.07, 6.45) is 1.90. The van der Waals surface area contributed by atoms with Gasteiger partial charge in [-0.3, -0.25) is 0 Å². The van der Waals surface area contributed by atoms with Crippen molar-refractivity contribution in [3.05, 3.63) is 24.4 Å². The highest BCUT2D eigenvalue weighted by Crippen LogP contribution is 2.07. The maximum absolute atomic E-state index is 4.42. The maximum atomic E-state index is 4.42. The normalized spacial score (nSPS) is 10.8. The molecule has 0 unspecified atom stereocenters. The van der Waals surface area contributed by atoms with Crippen molar-refractivity contribution in [2.75, 3.05) is 32.1 Å². The summed E-state index contributed by atoms with van der Waals surface area (Å²) in [6.45, 7) is 1.82. The van der Waals surface area contributed by atoms with Crippen molar-refractivity contribution >= 4 is 11.6 Å². The zero-order chi connectivity index (χ0) is 10.7. The first-order valence-electron chi connectivity index (χ1n) is 4.98. The van der Waals surface area contributed by atoms with Gasteiger partial charge < -0.3 is 10.2 Å². The Kier molecular flexibility index (Phi) is 2.82. The van der Waals surface area contributed by atoms with Gasteiger partial charge in [-0.25, -0.2) is 4.52 Å². The second-order valence-electron chi connectivity index (χ2n) is 3.44. The molecule has 0 fully saturated rings. The fraction of sp³-hybridized carbons (Fsp3) is 0.400. The molecule has 0 aliphatic rings. The summed E-state index contributed by atoms with van der Waals surface area (Å²) in [6, 6.07) is 5.85. The fourth-order valence-electron chi connectivity index (χ4n) is 1.36. The molecule has 0 aliphatic carbocycles. The number of aromatic nitrogens is 3. The molecule has 1 N–H and O–H groups in total. The van der Waals surface area contributed by atoms with Gasteiger partial charge in [-0.2, -0.15) is 4.98 Å². The fourth-order valence-corrected chi connectivity index (χ4v) is 1.36. The van der Waals surface area contributed by atoms with Crippen LogP contribution in [0.2, 0.25) is 0 Å². The second-order valence-corrected chi connectivity index (χ2v) is 3.44. The van der Waals surface area contributed by atoms with Crippen molar-refractivity contribution in [2.45, 2.75) is 0 Å². The number of pyridine rings is 1. The number of nitrogens with zero attached hydrogens (tertiary/aromatic N) is 4. The molecule has 2 rings (SSSR count). The molecule has 0 aliphatic heterocycles. The summed E-state index contributed by atoms with van der Waals surface area (Å²) in [5.74, 6) is 0.761. The first-order valence-corrected chi connectivity index (χ1v) is 4.98. The maximum Gasteiger partial charge on any atom is 0.245 e. The number of likely N-dealkylation sites (N-methyl/N-ethyl adjacent to an activating group) is 2. The molecule has 0 spiro atoms. The molecule has 0 aromatic carbocycles. The van der Waals surface area contributed by atoms with Crippen LogP contribution >= 0.6 is 0 Å². The van der Waals surface area contributed by atoms with Crippen LogP contribution in [-0.4, -0.2) is 41.8 Å². The van der Waals surface area contributed by atoms with E-state index in [0.29, 0.717) is 0 Å². The Hall–Kier alpha value is -1.62. The van der Waals surface area contributed by atoms with E-state index in [9.17, 15) is 0 Å². The molecule has 2 aromatic rings. The lowest BCUT2D eigenvalue weighted by Crippen LogP contribution is -2.27. The lowest BCUT2D eigenvalue weighted by Gasteiger charge is -2.13. The van der Waals surface area contributed by atoms with Crippen LogP contribution < -0.4 is 10.2 Å². The van der Waals surface area contributed by atoms with Gasteiger partial charge in [0.05, 0.1) is 0 Å². The first kappa shape index (κ1) is 9.92. The van der Waals surface area contributed by atoms with Crippen LogP contribution in [0.1, 0.15) is 0 Å². The molecule has 2 heterocycles. The average Bonchev–Trinajstić information content (AvgIpc) is 2.69. The Bertz CT molecular complexity index is 403. The van der Waals surface area contributed by atoms with Gasteiger partial charge in [0.2, 0.25) is 5.95 Å². The van der Waals surface area contributed by atoms with Crippen molar-refractivity contribution < 1.29 is 0 Å². The van der Waals surface area contributed by atoms with Crippen molar-refractivity contribution in [3.8, 4) is 0 Å². The van der Waals surface area contributed by atoms with E-state index in [1.54, 1.807) is 4.52 Å². The molecule has 15 heavy (non-hydrogen) atoms. The van der Waals surface area contributed by atoms with Gasteiger partial charge in [0.1, 0.15) is 0 Å². The standard InChI is InChI=1S/C10H15N5/c1-11-6-8-14(2)10-12-9-5-3-4-7-15(9)13-10/h3-5,7,11H,6,8H2,1-2H3. The van der Waals surface area contributed by atoms with Gasteiger partial charge in [0.25, 0.3) is 0 Å². The largest absolute Gasteiger partial charge is 0.341 e. The second kappa shape index (κ2) is 4.27. The molecule has 5 heteroatoms. The monoisotopic (exact) mass is 205 g/mol. The van der Waals surface area contributed by atoms with Crippen molar-refractivity contribution in [1.29, 1.82) is 0 Å². The van der Waals surface area contributed by atoms with E-state index in [1.165, 1.54) is 0 Å². The molecular weight excluding hydrogens is 190 g/mol. The molecule has 0 saturated heterocycles. The van der Waals surface area contributed by atoms with Crippen LogP contribution in [0.25, 0.3) is 5.65 Å². The lowest BCUT2D eigenvalue weighted by atomic mass is 10.5. The van der Waals surface area contributed by atoms with Gasteiger partial charge >= 0.3 is 0 Å². The van der Waals surface area contributed by atoms with E-state index in [0.717, 1.165) is 24.7 Å². The third-order valence-electron chi connectivity index (χ3n) is 2.27. The minimum atomic E-state index is 0.761. The Balaban J connectivity index is 2.20. The first-order chi connectivity index (χ1) is 7.31. The van der Waals surface area contributed by atoms with Crippen LogP contribution in [0.3, 0.4) is 0 Å². The SMILES string of the molecule is CNCCN(C)c1nc2ccccn2n1. The zero-order valence-corrected chi connectivity index (χ0v) is 9.01. The van der Waals surface area contributed by atoms with Gasteiger partial charge in [-0.05, 0) is 19.2 Å². The van der Waals surface area contributed by atoms with Crippen molar-refractivity contribution in [3.63, 3.8) is 0 Å². The van der Waals surface area contributed by atoms with E-state index in [1.807, 2.05) is 43.4 Å². The third-order valence-corrected chi connectivity index (χ3v) is 2.27. The molecular formula is C10H15N5. The highest BCUT2D eigenvalue weighted by atomic mass is 15.4. The van der Waals surface area contributed by atoms with Gasteiger partial charge in [0, 0.05) is 26.3 Å². The van der Waals surface area contributed by atoms with Crippen molar-refractivity contribution in [1.82, 2.24) is 19.9 Å². The number of anilines is 1.